The van der Waals surface area contributed by atoms with E-state index in [-0.39, 0.29) is 19.2 Å². The fourth-order valence-corrected chi connectivity index (χ4v) is 5.75. The first-order valence-corrected chi connectivity index (χ1v) is 10.9. The van der Waals surface area contributed by atoms with Gasteiger partial charge in [0.15, 0.2) is 11.5 Å². The van der Waals surface area contributed by atoms with Crippen molar-refractivity contribution in [3.63, 3.8) is 0 Å². The number of hydrazine groups is 1. The molecule has 0 saturated heterocycles. The van der Waals surface area contributed by atoms with Gasteiger partial charge in [-0.25, -0.2) is 5.84 Å². The number of amidine groups is 1. The molecule has 6 rings (SSSR count). The van der Waals surface area contributed by atoms with Crippen LogP contribution >= 0.6 is 22.9 Å². The van der Waals surface area contributed by atoms with Gasteiger partial charge in [-0.05, 0) is 41.5 Å². The van der Waals surface area contributed by atoms with Gasteiger partial charge < -0.3 is 19.8 Å². The van der Waals surface area contributed by atoms with Gasteiger partial charge >= 0.3 is 0 Å². The van der Waals surface area contributed by atoms with Crippen LogP contribution in [0.3, 0.4) is 0 Å². The number of anilines is 1. The van der Waals surface area contributed by atoms with Crippen LogP contribution in [0.1, 0.15) is 21.6 Å². The van der Waals surface area contributed by atoms with Gasteiger partial charge in [-0.2, -0.15) is 0 Å². The second kappa shape index (κ2) is 6.71. The number of rotatable bonds is 2. The van der Waals surface area contributed by atoms with Crippen molar-refractivity contribution in [1.82, 2.24) is 5.43 Å². The van der Waals surface area contributed by atoms with E-state index in [9.17, 15) is 4.79 Å². The van der Waals surface area contributed by atoms with Gasteiger partial charge in [0, 0.05) is 16.1 Å². The molecule has 0 radical (unpaired) electrons. The molecule has 3 aliphatic rings. The van der Waals surface area contributed by atoms with Gasteiger partial charge in [-0.3, -0.25) is 9.79 Å². The maximum absolute atomic E-state index is 14.1. The van der Waals surface area contributed by atoms with Gasteiger partial charge in [0.05, 0.1) is 17.4 Å². The molecular weight excluding hydrogens is 436 g/mol. The van der Waals surface area contributed by atoms with Crippen LogP contribution in [0.2, 0.25) is 4.34 Å². The third kappa shape index (κ3) is 2.56. The molecule has 1 aromatic heterocycles. The van der Waals surface area contributed by atoms with E-state index >= 15 is 0 Å². The summed E-state index contributed by atoms with van der Waals surface area (Å²) in [5.41, 5.74) is 5.04. The molecular formula is C22H17ClN4O3S. The van der Waals surface area contributed by atoms with Crippen LogP contribution < -0.4 is 25.6 Å². The average Bonchev–Trinajstić information content (AvgIpc) is 3.47. The lowest BCUT2D eigenvalue weighted by Crippen LogP contribution is -2.48. The minimum atomic E-state index is -0.964. The lowest BCUT2D eigenvalue weighted by molar-refractivity contribution is -0.121. The molecule has 156 valence electrons. The first kappa shape index (κ1) is 18.7. The minimum Gasteiger partial charge on any atom is -0.454 e. The molecule has 1 amide bonds. The van der Waals surface area contributed by atoms with E-state index in [1.165, 1.54) is 11.3 Å². The number of nitrogens with one attached hydrogen (secondary N) is 1. The summed E-state index contributed by atoms with van der Waals surface area (Å²) in [5.74, 6) is 7.47. The van der Waals surface area contributed by atoms with Crippen LogP contribution in [-0.4, -0.2) is 25.1 Å². The number of benzene rings is 2. The van der Waals surface area contributed by atoms with Crippen LogP contribution in [0, 0.1) is 0 Å². The van der Waals surface area contributed by atoms with Crippen LogP contribution in [0.5, 0.6) is 11.5 Å². The topological polar surface area (TPSA) is 89.2 Å². The highest BCUT2D eigenvalue weighted by Gasteiger charge is 2.55. The minimum absolute atomic E-state index is 0.0295. The highest BCUT2D eigenvalue weighted by Crippen LogP contribution is 2.51. The van der Waals surface area contributed by atoms with E-state index in [4.69, 9.17) is 26.9 Å². The fraction of sp³-hybridized carbons (Fsp3) is 0.182. The Balaban J connectivity index is 1.56. The summed E-state index contributed by atoms with van der Waals surface area (Å²) in [5, 5.41) is 0. The molecule has 0 saturated carbocycles. The van der Waals surface area contributed by atoms with Gasteiger partial charge in [-0.1, -0.05) is 29.8 Å². The van der Waals surface area contributed by atoms with Crippen LogP contribution in [0.15, 0.2) is 53.5 Å². The van der Waals surface area contributed by atoms with Crippen molar-refractivity contribution in [1.29, 1.82) is 0 Å². The Morgan fingerprint density at radius 1 is 1.16 bits per heavy atom. The third-order valence-corrected chi connectivity index (χ3v) is 7.26. The number of ether oxygens (including phenoxy) is 2. The van der Waals surface area contributed by atoms with Crippen LogP contribution in [0.4, 0.5) is 5.69 Å². The second-order valence-corrected chi connectivity index (χ2v) is 9.38. The summed E-state index contributed by atoms with van der Waals surface area (Å²) in [6.45, 7) is 0.834. The van der Waals surface area contributed by atoms with E-state index in [2.05, 4.69) is 10.4 Å². The summed E-state index contributed by atoms with van der Waals surface area (Å²) < 4.78 is 11.9. The molecule has 1 unspecified atom stereocenters. The summed E-state index contributed by atoms with van der Waals surface area (Å²) in [4.78, 5) is 21.6. The second-order valence-electron chi connectivity index (χ2n) is 7.58. The molecule has 7 nitrogen and oxygen atoms in total. The number of nitrogens with two attached hydrogens (primary N) is 1. The fourth-order valence-electron chi connectivity index (χ4n) is 4.67. The van der Waals surface area contributed by atoms with Crippen molar-refractivity contribution >= 4 is 40.4 Å². The lowest BCUT2D eigenvalue weighted by Gasteiger charge is -2.33. The summed E-state index contributed by atoms with van der Waals surface area (Å²) in [6.07, 6.45) is 0. The number of carbonyl (C=O) groups is 1. The first-order chi connectivity index (χ1) is 15.1. The number of thiophene rings is 1. The van der Waals surface area contributed by atoms with Crippen molar-refractivity contribution in [2.24, 2.45) is 10.8 Å². The molecule has 0 fully saturated rings. The largest absolute Gasteiger partial charge is 0.454 e. The SMILES string of the molecule is NNC1=NCC2(C(=O)N(Cc3ccc(Cl)s3)c3ccccc32)c2cc3c(cc21)OCO3. The quantitative estimate of drug-likeness (QED) is 0.460. The summed E-state index contributed by atoms with van der Waals surface area (Å²) in [7, 11) is 0. The first-order valence-electron chi connectivity index (χ1n) is 9.73. The van der Waals surface area contributed by atoms with Gasteiger partial charge in [0.25, 0.3) is 0 Å². The van der Waals surface area contributed by atoms with Crippen molar-refractivity contribution < 1.29 is 14.3 Å². The third-order valence-electron chi connectivity index (χ3n) is 6.05. The predicted molar refractivity (Wildman–Crippen MR) is 119 cm³/mol. The van der Waals surface area contributed by atoms with Crippen molar-refractivity contribution in [3.8, 4) is 11.5 Å². The molecule has 2 aromatic carbocycles. The highest BCUT2D eigenvalue weighted by molar-refractivity contribution is 7.16. The monoisotopic (exact) mass is 452 g/mol. The van der Waals surface area contributed by atoms with Crippen LogP contribution in [-0.2, 0) is 16.8 Å². The Morgan fingerprint density at radius 3 is 2.74 bits per heavy atom. The maximum atomic E-state index is 14.1. The lowest BCUT2D eigenvalue weighted by atomic mass is 9.71. The number of fused-ring (bicyclic) bond motifs is 5. The van der Waals surface area contributed by atoms with Gasteiger partial charge in [0.1, 0.15) is 11.3 Å². The van der Waals surface area contributed by atoms with E-state index in [0.29, 0.717) is 28.2 Å². The zero-order valence-corrected chi connectivity index (χ0v) is 17.8. The number of hydrogen-bond acceptors (Lipinski definition) is 7. The Bertz CT molecular complexity index is 1270. The number of para-hydroxylation sites is 1. The zero-order valence-electron chi connectivity index (χ0n) is 16.2. The Labute approximate surface area is 187 Å². The Morgan fingerprint density at radius 2 is 1.97 bits per heavy atom. The maximum Gasteiger partial charge on any atom is 0.244 e. The summed E-state index contributed by atoms with van der Waals surface area (Å²) >= 11 is 7.60. The van der Waals surface area contributed by atoms with Crippen molar-refractivity contribution in [2.45, 2.75) is 12.0 Å². The predicted octanol–water partition coefficient (Wildman–Crippen LogP) is 3.19. The normalized spacial score (nSPS) is 20.6. The van der Waals surface area contributed by atoms with E-state index in [1.54, 1.807) is 0 Å². The molecule has 1 spiro atoms. The van der Waals surface area contributed by atoms with E-state index < -0.39 is 5.41 Å². The smallest absolute Gasteiger partial charge is 0.244 e. The number of hydrogen-bond donors (Lipinski definition) is 2. The molecule has 0 bridgehead atoms. The standard InChI is InChI=1S/C22H17ClN4O3S/c23-19-6-5-12(31-19)9-27-16-4-2-1-3-14(16)22(21(27)28)10-25-20(26-24)13-7-17-18(8-15(13)22)30-11-29-17/h1-8H,9-11,24H2,(H,25,26). The van der Waals surface area contributed by atoms with Crippen molar-refractivity contribution in [2.75, 3.05) is 18.2 Å². The summed E-state index contributed by atoms with van der Waals surface area (Å²) in [6, 6.07) is 15.4. The van der Waals surface area contributed by atoms with E-state index in [0.717, 1.165) is 27.3 Å². The number of carbonyl (C=O) groups excluding carboxylic acids is 1. The molecule has 9 heteroatoms. The van der Waals surface area contributed by atoms with Crippen LogP contribution in [0.25, 0.3) is 0 Å². The average molecular weight is 453 g/mol. The number of halogens is 1. The number of nitrogens with zero attached hydrogens (tertiary/aromatic N) is 2. The Hall–Kier alpha value is -3.07. The molecule has 4 heterocycles. The molecule has 3 aliphatic heterocycles. The van der Waals surface area contributed by atoms with Gasteiger partial charge in [0.2, 0.25) is 12.7 Å². The number of aliphatic imine (C=N–C) groups is 1. The molecule has 0 aliphatic carbocycles. The van der Waals surface area contributed by atoms with E-state index in [1.807, 2.05) is 53.4 Å². The zero-order chi connectivity index (χ0) is 21.2. The van der Waals surface area contributed by atoms with Gasteiger partial charge in [-0.15, -0.1) is 11.3 Å². The molecule has 3 aromatic rings. The molecule has 3 N–H and O–H groups in total. The number of amides is 1. The highest BCUT2D eigenvalue weighted by atomic mass is 35.5. The Kier molecular flexibility index (Phi) is 4.05. The van der Waals surface area contributed by atoms with Crippen molar-refractivity contribution in [3.05, 3.63) is 74.4 Å². The molecule has 1 atom stereocenters. The molecule has 31 heavy (non-hydrogen) atoms.